The summed E-state index contributed by atoms with van der Waals surface area (Å²) in [6.45, 7) is 1.95. The van der Waals surface area contributed by atoms with E-state index in [1.807, 2.05) is 42.7 Å². The molecule has 0 spiro atoms. The summed E-state index contributed by atoms with van der Waals surface area (Å²) in [7, 11) is 0. The van der Waals surface area contributed by atoms with Crippen LogP contribution in [0.4, 0.5) is 4.79 Å². The van der Waals surface area contributed by atoms with Crippen molar-refractivity contribution in [2.75, 3.05) is 13.1 Å². The van der Waals surface area contributed by atoms with Crippen LogP contribution in [0.25, 0.3) is 0 Å². The first-order chi connectivity index (χ1) is 11.3. The third-order valence-corrected chi connectivity index (χ3v) is 4.76. The molecule has 1 saturated heterocycles. The molecule has 4 rings (SSSR count). The van der Waals surface area contributed by atoms with Crippen molar-refractivity contribution in [2.45, 2.75) is 19.1 Å². The lowest BCUT2D eigenvalue weighted by Crippen LogP contribution is -2.34. The molecule has 1 aromatic rings. The Balaban J connectivity index is 1.46. The third-order valence-electron chi connectivity index (χ3n) is 4.76. The van der Waals surface area contributed by atoms with Crippen molar-refractivity contribution in [1.29, 1.82) is 0 Å². The molecule has 118 valence electrons. The van der Waals surface area contributed by atoms with Crippen molar-refractivity contribution in [3.05, 3.63) is 72.1 Å². The standard InChI is InChI=1S/C19H20N2O2/c22-19(23-14-15-5-2-1-3-6-15)21-12-11-20-10-9-16-7-4-8-17(13-21)18(16)20/h1-8,11-12,16,18H,9-10,13-14H2. The molecule has 2 atom stereocenters. The van der Waals surface area contributed by atoms with Crippen LogP contribution in [-0.2, 0) is 11.3 Å². The highest BCUT2D eigenvalue weighted by atomic mass is 16.6. The number of rotatable bonds is 2. The second-order valence-electron chi connectivity index (χ2n) is 6.23. The zero-order valence-corrected chi connectivity index (χ0v) is 13.0. The zero-order chi connectivity index (χ0) is 15.6. The summed E-state index contributed by atoms with van der Waals surface area (Å²) in [4.78, 5) is 16.4. The number of hydrogen-bond acceptors (Lipinski definition) is 3. The van der Waals surface area contributed by atoms with Gasteiger partial charge in [-0.1, -0.05) is 48.6 Å². The summed E-state index contributed by atoms with van der Waals surface area (Å²) < 4.78 is 5.45. The summed E-state index contributed by atoms with van der Waals surface area (Å²) in [6.07, 6.45) is 11.3. The van der Waals surface area contributed by atoms with Gasteiger partial charge in [0.15, 0.2) is 0 Å². The topological polar surface area (TPSA) is 32.8 Å². The second-order valence-corrected chi connectivity index (χ2v) is 6.23. The first kappa shape index (κ1) is 14.1. The molecular formula is C19H20N2O2. The van der Waals surface area contributed by atoms with Gasteiger partial charge < -0.3 is 9.64 Å². The maximum Gasteiger partial charge on any atom is 0.414 e. The van der Waals surface area contributed by atoms with Gasteiger partial charge in [0, 0.05) is 24.9 Å². The van der Waals surface area contributed by atoms with E-state index in [1.54, 1.807) is 4.90 Å². The molecular weight excluding hydrogens is 288 g/mol. The lowest BCUT2D eigenvalue weighted by atomic mass is 9.89. The average molecular weight is 308 g/mol. The number of allylic oxidation sites excluding steroid dienone is 2. The highest BCUT2D eigenvalue weighted by Crippen LogP contribution is 2.35. The van der Waals surface area contributed by atoms with Crippen LogP contribution in [0.15, 0.2) is 66.5 Å². The molecule has 0 N–H and O–H groups in total. The van der Waals surface area contributed by atoms with Crippen molar-refractivity contribution in [3.63, 3.8) is 0 Å². The lowest BCUT2D eigenvalue weighted by molar-refractivity contribution is 0.113. The molecule has 1 amide bonds. The monoisotopic (exact) mass is 308 g/mol. The van der Waals surface area contributed by atoms with Gasteiger partial charge >= 0.3 is 6.09 Å². The summed E-state index contributed by atoms with van der Waals surface area (Å²) in [6, 6.07) is 10.2. The number of ether oxygens (including phenoxy) is 1. The van der Waals surface area contributed by atoms with Crippen LogP contribution in [0.5, 0.6) is 0 Å². The summed E-state index contributed by atoms with van der Waals surface area (Å²) in [5.74, 6) is 0.569. The van der Waals surface area contributed by atoms with Gasteiger partial charge in [0.1, 0.15) is 6.61 Å². The molecule has 0 radical (unpaired) electrons. The maximum absolute atomic E-state index is 12.4. The molecule has 0 aromatic heterocycles. The van der Waals surface area contributed by atoms with Crippen LogP contribution in [0.2, 0.25) is 0 Å². The van der Waals surface area contributed by atoms with Crippen LogP contribution in [-0.4, -0.2) is 35.0 Å². The van der Waals surface area contributed by atoms with E-state index in [0.717, 1.165) is 12.1 Å². The van der Waals surface area contributed by atoms with Crippen molar-refractivity contribution >= 4 is 6.09 Å². The smallest absolute Gasteiger partial charge is 0.414 e. The normalized spacial score (nSPS) is 25.0. The molecule has 2 heterocycles. The van der Waals surface area contributed by atoms with Crippen LogP contribution < -0.4 is 0 Å². The van der Waals surface area contributed by atoms with E-state index in [1.165, 1.54) is 12.0 Å². The molecule has 1 fully saturated rings. The Kier molecular flexibility index (Phi) is 3.66. The van der Waals surface area contributed by atoms with Gasteiger partial charge in [-0.05, 0) is 17.6 Å². The second kappa shape index (κ2) is 5.95. The predicted octanol–water partition coefficient (Wildman–Crippen LogP) is 3.30. The van der Waals surface area contributed by atoms with Gasteiger partial charge in [-0.3, -0.25) is 4.90 Å². The van der Waals surface area contributed by atoms with E-state index in [-0.39, 0.29) is 6.09 Å². The van der Waals surface area contributed by atoms with E-state index in [4.69, 9.17) is 4.74 Å². The largest absolute Gasteiger partial charge is 0.444 e. The van der Waals surface area contributed by atoms with Crippen molar-refractivity contribution in [1.82, 2.24) is 9.80 Å². The summed E-state index contributed by atoms with van der Waals surface area (Å²) in [5.41, 5.74) is 2.29. The molecule has 23 heavy (non-hydrogen) atoms. The van der Waals surface area contributed by atoms with Crippen molar-refractivity contribution < 1.29 is 9.53 Å². The van der Waals surface area contributed by atoms with Crippen molar-refractivity contribution in [3.8, 4) is 0 Å². The van der Waals surface area contributed by atoms with Gasteiger partial charge in [-0.25, -0.2) is 4.79 Å². The van der Waals surface area contributed by atoms with E-state index in [0.29, 0.717) is 25.1 Å². The van der Waals surface area contributed by atoms with Crippen LogP contribution >= 0.6 is 0 Å². The van der Waals surface area contributed by atoms with Gasteiger partial charge in [0.2, 0.25) is 0 Å². The molecule has 4 heteroatoms. The number of amides is 1. The minimum atomic E-state index is -0.293. The van der Waals surface area contributed by atoms with Gasteiger partial charge in [-0.2, -0.15) is 0 Å². The molecule has 1 aliphatic carbocycles. The maximum atomic E-state index is 12.4. The molecule has 2 aliphatic heterocycles. The Hall–Kier alpha value is -2.49. The lowest BCUT2D eigenvalue weighted by Gasteiger charge is -2.29. The van der Waals surface area contributed by atoms with E-state index in [2.05, 4.69) is 23.1 Å². The summed E-state index contributed by atoms with van der Waals surface area (Å²) in [5, 5.41) is 0. The van der Waals surface area contributed by atoms with Crippen LogP contribution in [0, 0.1) is 5.92 Å². The third kappa shape index (κ3) is 2.77. The van der Waals surface area contributed by atoms with Gasteiger partial charge in [0.05, 0.1) is 12.6 Å². The van der Waals surface area contributed by atoms with E-state index >= 15 is 0 Å². The number of carbonyl (C=O) groups excluding carboxylic acids is 1. The average Bonchev–Trinajstić information content (AvgIpc) is 2.91. The summed E-state index contributed by atoms with van der Waals surface area (Å²) >= 11 is 0. The van der Waals surface area contributed by atoms with Crippen molar-refractivity contribution in [2.24, 2.45) is 5.92 Å². The molecule has 2 unspecified atom stereocenters. The molecule has 1 aromatic carbocycles. The zero-order valence-electron chi connectivity index (χ0n) is 13.0. The fourth-order valence-electron chi connectivity index (χ4n) is 3.61. The Labute approximate surface area is 136 Å². The van der Waals surface area contributed by atoms with Gasteiger partial charge in [0.25, 0.3) is 0 Å². The van der Waals surface area contributed by atoms with E-state index in [9.17, 15) is 4.79 Å². The minimum Gasteiger partial charge on any atom is -0.444 e. The fourth-order valence-corrected chi connectivity index (χ4v) is 3.61. The predicted molar refractivity (Wildman–Crippen MR) is 88.3 cm³/mol. The number of carbonyl (C=O) groups is 1. The Morgan fingerprint density at radius 1 is 1.22 bits per heavy atom. The quantitative estimate of drug-likeness (QED) is 0.840. The Morgan fingerprint density at radius 2 is 2.09 bits per heavy atom. The minimum absolute atomic E-state index is 0.293. The van der Waals surface area contributed by atoms with Crippen LogP contribution in [0.1, 0.15) is 12.0 Å². The van der Waals surface area contributed by atoms with Crippen LogP contribution in [0.3, 0.4) is 0 Å². The molecule has 4 nitrogen and oxygen atoms in total. The molecule has 0 saturated carbocycles. The first-order valence-corrected chi connectivity index (χ1v) is 8.10. The molecule has 3 aliphatic rings. The van der Waals surface area contributed by atoms with E-state index < -0.39 is 0 Å². The van der Waals surface area contributed by atoms with Gasteiger partial charge in [-0.15, -0.1) is 0 Å². The SMILES string of the molecule is O=C(OCc1ccccc1)N1C=CN2CCC3C=CC=C(C1)C32. The number of benzene rings is 1. The number of hydrogen-bond donors (Lipinski definition) is 0. The Bertz CT molecular complexity index is 678. The first-order valence-electron chi connectivity index (χ1n) is 8.10. The number of nitrogens with zero attached hydrogens (tertiary/aromatic N) is 2. The fraction of sp³-hybridized carbons (Fsp3) is 0.316. The highest BCUT2D eigenvalue weighted by Gasteiger charge is 2.37. The Morgan fingerprint density at radius 3 is 2.96 bits per heavy atom. The highest BCUT2D eigenvalue weighted by molar-refractivity contribution is 5.69. The molecule has 0 bridgehead atoms.